The van der Waals surface area contributed by atoms with Gasteiger partial charge in [0, 0.05) is 41.1 Å². The van der Waals surface area contributed by atoms with Crippen LogP contribution in [0.25, 0.3) is 22.5 Å². The zero-order valence-corrected chi connectivity index (χ0v) is 16.9. The fourth-order valence-corrected chi connectivity index (χ4v) is 4.19. The molecule has 1 aromatic carbocycles. The largest absolute Gasteiger partial charge is 0.417 e. The summed E-state index contributed by atoms with van der Waals surface area (Å²) >= 11 is 0. The molecule has 1 fully saturated rings. The van der Waals surface area contributed by atoms with Gasteiger partial charge < -0.3 is 14.3 Å². The Morgan fingerprint density at radius 2 is 2.10 bits per heavy atom. The predicted molar refractivity (Wildman–Crippen MR) is 111 cm³/mol. The summed E-state index contributed by atoms with van der Waals surface area (Å²) < 4.78 is 5.92. The number of aryl methyl sites for hydroxylation is 2. The van der Waals surface area contributed by atoms with Gasteiger partial charge in [0.1, 0.15) is 11.7 Å². The number of piperidine rings is 1. The van der Waals surface area contributed by atoms with Gasteiger partial charge in [0.05, 0.1) is 6.20 Å². The molecule has 1 atom stereocenters. The van der Waals surface area contributed by atoms with Crippen LogP contribution >= 0.6 is 0 Å². The van der Waals surface area contributed by atoms with E-state index in [0.717, 1.165) is 41.4 Å². The van der Waals surface area contributed by atoms with Crippen molar-refractivity contribution < 1.29 is 9.21 Å². The van der Waals surface area contributed by atoms with E-state index in [0.29, 0.717) is 29.6 Å². The van der Waals surface area contributed by atoms with E-state index in [9.17, 15) is 4.79 Å². The number of aromatic amines is 1. The van der Waals surface area contributed by atoms with Gasteiger partial charge >= 0.3 is 0 Å². The average Bonchev–Trinajstić information content (AvgIpc) is 3.39. The van der Waals surface area contributed by atoms with Crippen LogP contribution in [-0.4, -0.2) is 42.5 Å². The number of carbonyl (C=O) groups excluding carboxylic acids is 1. The minimum atomic E-state index is -0.250. The van der Waals surface area contributed by atoms with Gasteiger partial charge in [0.2, 0.25) is 5.89 Å². The number of benzene rings is 1. The van der Waals surface area contributed by atoms with Gasteiger partial charge in [-0.2, -0.15) is 0 Å². The summed E-state index contributed by atoms with van der Waals surface area (Å²) in [7, 11) is 0. The van der Waals surface area contributed by atoms with Crippen LogP contribution in [-0.2, 0) is 0 Å². The molecule has 1 aliphatic heterocycles. The lowest BCUT2D eigenvalue weighted by atomic mass is 9.98. The lowest BCUT2D eigenvalue weighted by Crippen LogP contribution is -2.38. The molecule has 0 bridgehead atoms. The predicted octanol–water partition coefficient (Wildman–Crippen LogP) is 3.99. The van der Waals surface area contributed by atoms with Crippen LogP contribution in [0.5, 0.6) is 0 Å². The molecule has 1 aliphatic rings. The van der Waals surface area contributed by atoms with Gasteiger partial charge in [-0.25, -0.2) is 4.98 Å². The van der Waals surface area contributed by atoms with Crippen molar-refractivity contribution in [1.82, 2.24) is 30.0 Å². The topological polar surface area (TPSA) is 101 Å². The highest BCUT2D eigenvalue weighted by molar-refractivity contribution is 6.08. The molecule has 0 saturated carbocycles. The number of likely N-dealkylation sites (tertiary alicyclic amines) is 1. The number of aromatic nitrogens is 5. The Bertz CT molecular complexity index is 1210. The summed E-state index contributed by atoms with van der Waals surface area (Å²) in [5.74, 6) is 0.750. The minimum absolute atomic E-state index is 0.00773. The molecule has 5 rings (SSSR count). The molecule has 1 N–H and O–H groups in total. The molecule has 30 heavy (non-hydrogen) atoms. The van der Waals surface area contributed by atoms with Crippen molar-refractivity contribution in [2.45, 2.75) is 39.2 Å². The summed E-state index contributed by atoms with van der Waals surface area (Å²) in [4.78, 5) is 27.1. The molecule has 0 spiro atoms. The van der Waals surface area contributed by atoms with Gasteiger partial charge in [0.25, 0.3) is 11.8 Å². The van der Waals surface area contributed by atoms with Crippen LogP contribution in [0.1, 0.15) is 52.8 Å². The molecule has 1 saturated heterocycles. The maximum Gasteiger partial charge on any atom is 0.267 e. The number of rotatable bonds is 3. The monoisotopic (exact) mass is 402 g/mol. The van der Waals surface area contributed by atoms with Crippen molar-refractivity contribution in [3.8, 4) is 11.6 Å². The minimum Gasteiger partial charge on any atom is -0.417 e. The Labute approximate surface area is 173 Å². The van der Waals surface area contributed by atoms with E-state index in [1.807, 2.05) is 36.9 Å². The quantitative estimate of drug-likeness (QED) is 0.556. The normalized spacial score (nSPS) is 16.9. The molecule has 0 aliphatic carbocycles. The van der Waals surface area contributed by atoms with Crippen LogP contribution in [0, 0.1) is 13.8 Å². The van der Waals surface area contributed by atoms with Gasteiger partial charge in [-0.1, -0.05) is 6.07 Å². The van der Waals surface area contributed by atoms with Crippen LogP contribution < -0.4 is 0 Å². The number of carbonyl (C=O) groups is 1. The highest BCUT2D eigenvalue weighted by Crippen LogP contribution is 2.34. The van der Waals surface area contributed by atoms with Crippen LogP contribution in [0.2, 0.25) is 0 Å². The highest BCUT2D eigenvalue weighted by Gasteiger charge is 2.33. The first-order chi connectivity index (χ1) is 14.6. The molecule has 1 unspecified atom stereocenters. The van der Waals surface area contributed by atoms with Crippen LogP contribution in [0.3, 0.4) is 0 Å². The number of hydrogen-bond acceptors (Lipinski definition) is 6. The number of H-pyrrole nitrogens is 1. The smallest absolute Gasteiger partial charge is 0.267 e. The standard InChI is InChI=1S/C22H22N6O2/c1-13-14(2)25-16-7-5-6-15(19(13)16)22(29)28-11-4-3-8-18(28)21-27-26-20(30-21)17-12-23-9-10-24-17/h5-7,9-10,12,18,25H,3-4,8,11H2,1-2H3. The second-order valence-electron chi connectivity index (χ2n) is 7.65. The van der Waals surface area contributed by atoms with Gasteiger partial charge in [-0.05, 0) is 50.8 Å². The summed E-state index contributed by atoms with van der Waals surface area (Å²) in [6.07, 6.45) is 7.50. The molecule has 4 aromatic rings. The molecular weight excluding hydrogens is 380 g/mol. The average molecular weight is 402 g/mol. The fraction of sp³-hybridized carbons (Fsp3) is 0.318. The molecule has 8 heteroatoms. The Kier molecular flexibility index (Phi) is 4.54. The Hall–Kier alpha value is -3.55. The first kappa shape index (κ1) is 18.5. The third kappa shape index (κ3) is 3.04. The zero-order valence-electron chi connectivity index (χ0n) is 16.9. The summed E-state index contributed by atoms with van der Waals surface area (Å²) in [6.45, 7) is 4.73. The Morgan fingerprint density at radius 1 is 1.20 bits per heavy atom. The Morgan fingerprint density at radius 3 is 2.93 bits per heavy atom. The first-order valence-electron chi connectivity index (χ1n) is 10.1. The number of amides is 1. The molecule has 4 heterocycles. The van der Waals surface area contributed by atoms with Crippen molar-refractivity contribution in [2.75, 3.05) is 6.54 Å². The third-order valence-electron chi connectivity index (χ3n) is 5.83. The molecule has 8 nitrogen and oxygen atoms in total. The summed E-state index contributed by atoms with van der Waals surface area (Å²) in [5, 5.41) is 9.36. The van der Waals surface area contributed by atoms with E-state index in [2.05, 4.69) is 25.1 Å². The third-order valence-corrected chi connectivity index (χ3v) is 5.83. The van der Waals surface area contributed by atoms with E-state index in [4.69, 9.17) is 4.42 Å². The fourth-order valence-electron chi connectivity index (χ4n) is 4.19. The molecular formula is C22H22N6O2. The number of fused-ring (bicyclic) bond motifs is 1. The molecule has 152 valence electrons. The first-order valence-corrected chi connectivity index (χ1v) is 10.1. The maximum atomic E-state index is 13.6. The number of hydrogen-bond donors (Lipinski definition) is 1. The SMILES string of the molecule is Cc1[nH]c2cccc(C(=O)N3CCCCC3c3nnc(-c4cnccn4)o3)c2c1C. The van der Waals surface area contributed by atoms with Crippen molar-refractivity contribution >= 4 is 16.8 Å². The van der Waals surface area contributed by atoms with E-state index in [1.165, 1.54) is 0 Å². The second-order valence-corrected chi connectivity index (χ2v) is 7.65. The van der Waals surface area contributed by atoms with E-state index >= 15 is 0 Å². The number of nitrogens with one attached hydrogen (secondary N) is 1. The van der Waals surface area contributed by atoms with Gasteiger partial charge in [-0.15, -0.1) is 10.2 Å². The van der Waals surface area contributed by atoms with E-state index < -0.39 is 0 Å². The molecule has 1 amide bonds. The van der Waals surface area contributed by atoms with E-state index in [-0.39, 0.29) is 11.9 Å². The molecule has 3 aromatic heterocycles. The van der Waals surface area contributed by atoms with Crippen LogP contribution in [0.15, 0.2) is 41.2 Å². The van der Waals surface area contributed by atoms with Crippen LogP contribution in [0.4, 0.5) is 0 Å². The van der Waals surface area contributed by atoms with Crippen molar-refractivity contribution in [1.29, 1.82) is 0 Å². The second kappa shape index (κ2) is 7.37. The molecule has 0 radical (unpaired) electrons. The Balaban J connectivity index is 1.51. The van der Waals surface area contributed by atoms with Gasteiger partial charge in [-0.3, -0.25) is 9.78 Å². The highest BCUT2D eigenvalue weighted by atomic mass is 16.4. The maximum absolute atomic E-state index is 13.6. The van der Waals surface area contributed by atoms with E-state index in [1.54, 1.807) is 18.6 Å². The summed E-state index contributed by atoms with van der Waals surface area (Å²) in [6, 6.07) is 5.57. The lowest BCUT2D eigenvalue weighted by molar-refractivity contribution is 0.0574. The summed E-state index contributed by atoms with van der Waals surface area (Å²) in [5.41, 5.74) is 4.38. The zero-order chi connectivity index (χ0) is 20.7. The van der Waals surface area contributed by atoms with Crippen molar-refractivity contribution in [3.05, 3.63) is 59.5 Å². The van der Waals surface area contributed by atoms with Crippen molar-refractivity contribution in [2.24, 2.45) is 0 Å². The van der Waals surface area contributed by atoms with Gasteiger partial charge in [0.15, 0.2) is 0 Å². The van der Waals surface area contributed by atoms with Crippen molar-refractivity contribution in [3.63, 3.8) is 0 Å². The number of nitrogens with zero attached hydrogens (tertiary/aromatic N) is 5. The lowest BCUT2D eigenvalue weighted by Gasteiger charge is -2.33.